The van der Waals surface area contributed by atoms with Crippen LogP contribution in [-0.4, -0.2) is 49.8 Å². The number of hydrogen-bond acceptors (Lipinski definition) is 8. The van der Waals surface area contributed by atoms with Crippen molar-refractivity contribution in [1.82, 2.24) is 14.9 Å². The molecule has 0 unspecified atom stereocenters. The molecule has 4 aromatic rings. The number of benzene rings is 2. The fourth-order valence-electron chi connectivity index (χ4n) is 3.90. The van der Waals surface area contributed by atoms with Crippen molar-refractivity contribution >= 4 is 34.7 Å². The molecular formula is C28H25N5O7. The Morgan fingerprint density at radius 3 is 2.38 bits per heavy atom. The van der Waals surface area contributed by atoms with E-state index in [1.807, 2.05) is 0 Å². The molecule has 4 N–H and O–H groups in total. The van der Waals surface area contributed by atoms with Gasteiger partial charge >= 0.3 is 11.9 Å². The molecule has 12 nitrogen and oxygen atoms in total. The van der Waals surface area contributed by atoms with Crippen LogP contribution in [0.3, 0.4) is 0 Å². The first-order chi connectivity index (χ1) is 19.0. The van der Waals surface area contributed by atoms with Gasteiger partial charge in [-0.2, -0.15) is 10.4 Å². The quantitative estimate of drug-likeness (QED) is 0.228. The average molecular weight is 544 g/mol. The second kappa shape index (κ2) is 11.0. The highest BCUT2D eigenvalue weighted by Crippen LogP contribution is 2.35. The fourth-order valence-corrected chi connectivity index (χ4v) is 3.90. The van der Waals surface area contributed by atoms with Crippen LogP contribution in [0, 0.1) is 18.3 Å². The van der Waals surface area contributed by atoms with Crippen LogP contribution in [-0.2, 0) is 9.59 Å². The molecule has 1 amide bonds. The number of aromatic nitrogens is 2. The summed E-state index contributed by atoms with van der Waals surface area (Å²) in [5, 5.41) is 37.6. The minimum atomic E-state index is -1.38. The average Bonchev–Trinajstić information content (AvgIpc) is 3.26. The zero-order chi connectivity index (χ0) is 29.0. The highest BCUT2D eigenvalue weighted by atomic mass is 16.5. The molecule has 0 aliphatic rings. The number of hydrogen-bond donors (Lipinski definition) is 4. The molecule has 2 aromatic carbocycles. The number of aryl methyl sites for hydroxylation is 1. The van der Waals surface area contributed by atoms with Gasteiger partial charge in [-0.25, -0.2) is 9.31 Å². The Balaban J connectivity index is 1.55. The van der Waals surface area contributed by atoms with Crippen molar-refractivity contribution in [3.8, 4) is 23.3 Å². The van der Waals surface area contributed by atoms with Crippen molar-refractivity contribution in [3.63, 3.8) is 0 Å². The second-order valence-electron chi connectivity index (χ2n) is 9.20. The summed E-state index contributed by atoms with van der Waals surface area (Å²) >= 11 is 0. The Morgan fingerprint density at radius 1 is 1.07 bits per heavy atom. The number of carbonyl (C=O) groups excluding carboxylic acids is 1. The number of fused-ring (bicyclic) bond motifs is 1. The van der Waals surface area contributed by atoms with E-state index in [0.717, 1.165) is 0 Å². The lowest BCUT2D eigenvalue weighted by molar-refractivity contribution is -0.141. The molecule has 204 valence electrons. The van der Waals surface area contributed by atoms with Gasteiger partial charge in [-0.15, -0.1) is 0 Å². The number of carbonyl (C=O) groups is 3. The fraction of sp³-hybridized carbons (Fsp3) is 0.179. The first-order valence-corrected chi connectivity index (χ1v) is 12.0. The van der Waals surface area contributed by atoms with Crippen molar-refractivity contribution in [2.24, 2.45) is 0 Å². The number of aromatic carboxylic acids is 1. The molecule has 0 spiro atoms. The normalized spacial score (nSPS) is 10.9. The van der Waals surface area contributed by atoms with Crippen LogP contribution < -0.4 is 20.1 Å². The van der Waals surface area contributed by atoms with E-state index in [-0.39, 0.29) is 16.9 Å². The van der Waals surface area contributed by atoms with Crippen molar-refractivity contribution in [3.05, 3.63) is 77.6 Å². The highest BCUT2D eigenvalue weighted by Gasteiger charge is 2.31. The van der Waals surface area contributed by atoms with Crippen molar-refractivity contribution < 1.29 is 34.1 Å². The van der Waals surface area contributed by atoms with Gasteiger partial charge < -0.3 is 30.3 Å². The third-order valence-corrected chi connectivity index (χ3v) is 5.92. The zero-order valence-electron chi connectivity index (χ0n) is 21.8. The van der Waals surface area contributed by atoms with Crippen LogP contribution in [0.15, 0.2) is 60.9 Å². The Hall–Kier alpha value is -5.57. The van der Waals surface area contributed by atoms with Crippen LogP contribution in [0.25, 0.3) is 5.52 Å². The number of nitrogens with one attached hydrogen (secondary N) is 2. The minimum absolute atomic E-state index is 0.0813. The largest absolute Gasteiger partial charge is 0.480 e. The molecule has 2 heterocycles. The van der Waals surface area contributed by atoms with E-state index >= 15 is 0 Å². The van der Waals surface area contributed by atoms with Crippen molar-refractivity contribution in [2.75, 3.05) is 11.9 Å². The summed E-state index contributed by atoms with van der Waals surface area (Å²) < 4.78 is 13.3. The number of rotatable bonds is 10. The van der Waals surface area contributed by atoms with Gasteiger partial charge in [-0.3, -0.25) is 9.59 Å². The van der Waals surface area contributed by atoms with E-state index in [4.69, 9.17) is 14.6 Å². The molecule has 0 fully saturated rings. The van der Waals surface area contributed by atoms with Gasteiger partial charge in [-0.05, 0) is 62.7 Å². The van der Waals surface area contributed by atoms with E-state index < -0.39 is 30.0 Å². The highest BCUT2D eigenvalue weighted by molar-refractivity contribution is 5.96. The molecule has 0 atom stereocenters. The van der Waals surface area contributed by atoms with Gasteiger partial charge in [0.2, 0.25) is 0 Å². The molecule has 0 radical (unpaired) electrons. The second-order valence-corrected chi connectivity index (χ2v) is 9.20. The van der Waals surface area contributed by atoms with Crippen molar-refractivity contribution in [1.29, 1.82) is 5.26 Å². The minimum Gasteiger partial charge on any atom is -0.480 e. The summed E-state index contributed by atoms with van der Waals surface area (Å²) in [4.78, 5) is 34.8. The monoisotopic (exact) mass is 543 g/mol. The topological polar surface area (TPSA) is 175 Å². The van der Waals surface area contributed by atoms with Crippen LogP contribution in [0.5, 0.6) is 17.2 Å². The predicted molar refractivity (Wildman–Crippen MR) is 143 cm³/mol. The lowest BCUT2D eigenvalue weighted by Crippen LogP contribution is -2.48. The Kier molecular flexibility index (Phi) is 7.58. The van der Waals surface area contributed by atoms with Gasteiger partial charge in [0.25, 0.3) is 5.91 Å². The summed E-state index contributed by atoms with van der Waals surface area (Å²) in [7, 11) is 0. The first-order valence-electron chi connectivity index (χ1n) is 12.0. The molecule has 12 heteroatoms. The van der Waals surface area contributed by atoms with Gasteiger partial charge in [0, 0.05) is 11.9 Å². The Morgan fingerprint density at radius 2 is 1.75 bits per heavy atom. The summed E-state index contributed by atoms with van der Waals surface area (Å²) in [6.07, 6.45) is 2.76. The van der Waals surface area contributed by atoms with E-state index in [9.17, 15) is 24.8 Å². The maximum Gasteiger partial charge on any atom is 0.337 e. The van der Waals surface area contributed by atoms with Crippen LogP contribution in [0.2, 0.25) is 0 Å². The molecule has 40 heavy (non-hydrogen) atoms. The predicted octanol–water partition coefficient (Wildman–Crippen LogP) is 4.11. The number of para-hydroxylation sites is 2. The lowest BCUT2D eigenvalue weighted by Gasteiger charge is -2.26. The number of anilines is 2. The van der Waals surface area contributed by atoms with E-state index in [1.165, 1.54) is 30.8 Å². The number of amides is 1. The molecule has 0 aliphatic carbocycles. The Bertz CT molecular complexity index is 1650. The smallest absolute Gasteiger partial charge is 0.337 e. The molecule has 0 saturated carbocycles. The number of nitriles is 1. The van der Waals surface area contributed by atoms with Gasteiger partial charge in [0.15, 0.2) is 17.1 Å². The standard InChI is InChI=1S/C28H25N5O7/c1-16-20(26(36)37)15-33-25(16)24(17(12-29)13-31-33)32-18-8-10-19(11-9-18)39-21-6-4-5-7-22(21)40-28(2,3)27(38)30-14-23(34)35/h4-11,13,15,32H,14H2,1-3H3,(H,30,38)(H,34,35)(H,36,37). The summed E-state index contributed by atoms with van der Waals surface area (Å²) in [6, 6.07) is 15.6. The number of ether oxygens (including phenoxy) is 2. The lowest BCUT2D eigenvalue weighted by atomic mass is 10.1. The van der Waals surface area contributed by atoms with E-state index in [1.54, 1.807) is 55.5 Å². The van der Waals surface area contributed by atoms with Gasteiger partial charge in [0.1, 0.15) is 18.4 Å². The molecule has 0 saturated heterocycles. The third kappa shape index (κ3) is 5.78. The number of carboxylic acids is 2. The molecule has 0 aliphatic heterocycles. The van der Waals surface area contributed by atoms with Crippen LogP contribution in [0.4, 0.5) is 11.4 Å². The number of aliphatic carboxylic acids is 1. The van der Waals surface area contributed by atoms with Gasteiger partial charge in [0.05, 0.1) is 28.5 Å². The molecule has 0 bridgehead atoms. The number of carboxylic acid groups (broad SMARTS) is 2. The maximum absolute atomic E-state index is 12.4. The molecular weight excluding hydrogens is 518 g/mol. The maximum atomic E-state index is 12.4. The first kappa shape index (κ1) is 27.5. The molecule has 4 rings (SSSR count). The van der Waals surface area contributed by atoms with Crippen LogP contribution >= 0.6 is 0 Å². The third-order valence-electron chi connectivity index (χ3n) is 5.92. The zero-order valence-corrected chi connectivity index (χ0v) is 21.8. The summed E-state index contributed by atoms with van der Waals surface area (Å²) in [6.45, 7) is 4.15. The summed E-state index contributed by atoms with van der Waals surface area (Å²) in [5.41, 5.74) is 0.904. The molecule has 2 aromatic heterocycles. The van der Waals surface area contributed by atoms with Crippen molar-refractivity contribution in [2.45, 2.75) is 26.4 Å². The SMILES string of the molecule is Cc1c(C(=O)O)cn2ncc(C#N)c(Nc3ccc(Oc4ccccc4OC(C)(C)C(=O)NCC(=O)O)cc3)c12. The van der Waals surface area contributed by atoms with Gasteiger partial charge in [-0.1, -0.05) is 12.1 Å². The van der Waals surface area contributed by atoms with E-state index in [2.05, 4.69) is 21.8 Å². The van der Waals surface area contributed by atoms with Crippen LogP contribution in [0.1, 0.15) is 35.3 Å². The Labute approximate surface area is 228 Å². The number of nitrogens with zero attached hydrogens (tertiary/aromatic N) is 3. The van der Waals surface area contributed by atoms with E-state index in [0.29, 0.717) is 34.0 Å². The summed E-state index contributed by atoms with van der Waals surface area (Å²) in [5.74, 6) is -1.82.